The van der Waals surface area contributed by atoms with Crippen LogP contribution < -0.4 is 10.1 Å². The molecule has 0 aliphatic heterocycles. The van der Waals surface area contributed by atoms with E-state index in [-0.39, 0.29) is 25.0 Å². The molecule has 0 saturated carbocycles. The number of aliphatic hydroxyl groups is 2. The summed E-state index contributed by atoms with van der Waals surface area (Å²) in [6.07, 6.45) is 0.632. The van der Waals surface area contributed by atoms with E-state index in [0.29, 0.717) is 24.3 Å². The summed E-state index contributed by atoms with van der Waals surface area (Å²) < 4.78 is 5.47. The maximum atomic E-state index is 11.5. The third-order valence-electron chi connectivity index (χ3n) is 3.30. The van der Waals surface area contributed by atoms with Gasteiger partial charge >= 0.3 is 0 Å². The van der Waals surface area contributed by atoms with Crippen molar-refractivity contribution in [1.29, 1.82) is 0 Å². The second-order valence-electron chi connectivity index (χ2n) is 4.96. The third kappa shape index (κ3) is 6.25. The van der Waals surface area contributed by atoms with Crippen LogP contribution >= 0.6 is 0 Å². The first-order valence-corrected chi connectivity index (χ1v) is 7.39. The number of ether oxygens (including phenoxy) is 1. The number of ketones is 1. The lowest BCUT2D eigenvalue weighted by Crippen LogP contribution is -2.39. The molecule has 1 aromatic carbocycles. The van der Waals surface area contributed by atoms with Crippen molar-refractivity contribution >= 4 is 5.78 Å². The van der Waals surface area contributed by atoms with Crippen LogP contribution in [0.4, 0.5) is 0 Å². The highest BCUT2D eigenvalue weighted by molar-refractivity contribution is 5.95. The van der Waals surface area contributed by atoms with Crippen LogP contribution in [0, 0.1) is 0 Å². The molecular formula is C16H25NO4. The van der Waals surface area contributed by atoms with E-state index in [4.69, 9.17) is 9.84 Å². The van der Waals surface area contributed by atoms with Crippen molar-refractivity contribution in [2.24, 2.45) is 0 Å². The molecule has 0 saturated heterocycles. The molecule has 1 rings (SSSR count). The van der Waals surface area contributed by atoms with E-state index in [2.05, 4.69) is 5.32 Å². The molecule has 0 amide bonds. The second kappa shape index (κ2) is 9.50. The van der Waals surface area contributed by atoms with Crippen molar-refractivity contribution < 1.29 is 19.7 Å². The molecule has 3 N–H and O–H groups in total. The first kappa shape index (κ1) is 17.6. The SMILES string of the molecule is CCC(=O)c1ccc(OC[C@@H](O)CN[C@H](CC)CO)cc1. The Labute approximate surface area is 125 Å². The van der Waals surface area contributed by atoms with Gasteiger partial charge < -0.3 is 20.3 Å². The first-order chi connectivity index (χ1) is 10.1. The molecule has 0 bridgehead atoms. The fourth-order valence-electron chi connectivity index (χ4n) is 1.83. The number of rotatable bonds is 10. The smallest absolute Gasteiger partial charge is 0.162 e. The molecule has 0 aliphatic rings. The average Bonchev–Trinajstić information content (AvgIpc) is 2.53. The number of benzene rings is 1. The van der Waals surface area contributed by atoms with Gasteiger partial charge in [-0.2, -0.15) is 0 Å². The highest BCUT2D eigenvalue weighted by Crippen LogP contribution is 2.13. The first-order valence-electron chi connectivity index (χ1n) is 7.39. The number of hydrogen-bond donors (Lipinski definition) is 3. The Bertz CT molecular complexity index is 415. The molecule has 0 heterocycles. The molecule has 1 aromatic rings. The lowest BCUT2D eigenvalue weighted by Gasteiger charge is -2.17. The van der Waals surface area contributed by atoms with Crippen LogP contribution in [0.25, 0.3) is 0 Å². The van der Waals surface area contributed by atoms with Crippen LogP contribution in [0.3, 0.4) is 0 Å². The van der Waals surface area contributed by atoms with E-state index in [0.717, 1.165) is 6.42 Å². The molecule has 5 heteroatoms. The van der Waals surface area contributed by atoms with Gasteiger partial charge in [0.25, 0.3) is 0 Å². The van der Waals surface area contributed by atoms with Crippen LogP contribution in [-0.2, 0) is 0 Å². The maximum Gasteiger partial charge on any atom is 0.162 e. The van der Waals surface area contributed by atoms with Gasteiger partial charge in [-0.15, -0.1) is 0 Å². The molecule has 0 radical (unpaired) electrons. The Morgan fingerprint density at radius 2 is 1.95 bits per heavy atom. The van der Waals surface area contributed by atoms with Gasteiger partial charge in [-0.25, -0.2) is 0 Å². The fourth-order valence-corrected chi connectivity index (χ4v) is 1.83. The van der Waals surface area contributed by atoms with Crippen LogP contribution in [0.1, 0.15) is 37.0 Å². The van der Waals surface area contributed by atoms with Crippen molar-refractivity contribution in [3.63, 3.8) is 0 Å². The average molecular weight is 295 g/mol. The van der Waals surface area contributed by atoms with Crippen molar-refractivity contribution in [3.05, 3.63) is 29.8 Å². The number of carbonyl (C=O) groups is 1. The zero-order chi connectivity index (χ0) is 15.7. The summed E-state index contributed by atoms with van der Waals surface area (Å²) in [5.74, 6) is 0.719. The second-order valence-corrected chi connectivity index (χ2v) is 4.96. The number of nitrogens with one attached hydrogen (secondary N) is 1. The van der Waals surface area contributed by atoms with E-state index in [1.165, 1.54) is 0 Å². The van der Waals surface area contributed by atoms with Gasteiger partial charge in [-0.1, -0.05) is 13.8 Å². The summed E-state index contributed by atoms with van der Waals surface area (Å²) in [6, 6.07) is 6.91. The van der Waals surface area contributed by atoms with Crippen LogP contribution in [0.2, 0.25) is 0 Å². The van der Waals surface area contributed by atoms with Crippen molar-refractivity contribution in [2.45, 2.75) is 38.8 Å². The molecule has 0 aliphatic carbocycles. The predicted octanol–water partition coefficient (Wildman–Crippen LogP) is 1.38. The Morgan fingerprint density at radius 3 is 2.48 bits per heavy atom. The Balaban J connectivity index is 2.35. The molecule has 0 unspecified atom stereocenters. The topological polar surface area (TPSA) is 78.8 Å². The molecule has 0 aromatic heterocycles. The Morgan fingerprint density at radius 1 is 1.29 bits per heavy atom. The van der Waals surface area contributed by atoms with Gasteiger partial charge in [0.05, 0.1) is 6.61 Å². The summed E-state index contributed by atoms with van der Waals surface area (Å²) in [7, 11) is 0. The monoisotopic (exact) mass is 295 g/mol. The molecule has 118 valence electrons. The number of carbonyl (C=O) groups excluding carboxylic acids is 1. The summed E-state index contributed by atoms with van der Waals surface area (Å²) in [4.78, 5) is 11.5. The summed E-state index contributed by atoms with van der Waals surface area (Å²) in [5, 5.41) is 21.9. The van der Waals surface area contributed by atoms with E-state index in [9.17, 15) is 9.90 Å². The standard InChI is InChI=1S/C16H25NO4/c1-3-13(10-18)17-9-14(19)11-21-15-7-5-12(6-8-15)16(20)4-2/h5-8,13-14,17-19H,3-4,9-11H2,1-2H3/t13-,14+/m1/s1. The Hall–Kier alpha value is -1.43. The van der Waals surface area contributed by atoms with E-state index >= 15 is 0 Å². The molecular weight excluding hydrogens is 270 g/mol. The van der Waals surface area contributed by atoms with Gasteiger partial charge in [0, 0.05) is 24.6 Å². The minimum Gasteiger partial charge on any atom is -0.491 e. The molecule has 0 spiro atoms. The zero-order valence-electron chi connectivity index (χ0n) is 12.7. The zero-order valence-corrected chi connectivity index (χ0v) is 12.7. The van der Waals surface area contributed by atoms with Gasteiger partial charge in [-0.3, -0.25) is 4.79 Å². The minimum atomic E-state index is -0.650. The number of hydrogen-bond acceptors (Lipinski definition) is 5. The minimum absolute atomic E-state index is 0.000935. The molecule has 21 heavy (non-hydrogen) atoms. The summed E-state index contributed by atoms with van der Waals surface area (Å²) in [5.41, 5.74) is 0.667. The van der Waals surface area contributed by atoms with Gasteiger partial charge in [0.15, 0.2) is 5.78 Å². The predicted molar refractivity (Wildman–Crippen MR) is 81.7 cm³/mol. The van der Waals surface area contributed by atoms with Crippen LogP contribution in [-0.4, -0.2) is 47.9 Å². The highest BCUT2D eigenvalue weighted by atomic mass is 16.5. The van der Waals surface area contributed by atoms with E-state index in [1.807, 2.05) is 13.8 Å². The van der Waals surface area contributed by atoms with E-state index in [1.54, 1.807) is 24.3 Å². The lowest BCUT2D eigenvalue weighted by atomic mass is 10.1. The Kier molecular flexibility index (Phi) is 7.97. The largest absolute Gasteiger partial charge is 0.491 e. The van der Waals surface area contributed by atoms with Gasteiger partial charge in [0.1, 0.15) is 18.5 Å². The van der Waals surface area contributed by atoms with Crippen molar-refractivity contribution in [3.8, 4) is 5.75 Å². The fraction of sp³-hybridized carbons (Fsp3) is 0.562. The maximum absolute atomic E-state index is 11.5. The van der Waals surface area contributed by atoms with Crippen molar-refractivity contribution in [2.75, 3.05) is 19.8 Å². The van der Waals surface area contributed by atoms with Crippen molar-refractivity contribution in [1.82, 2.24) is 5.32 Å². The quantitative estimate of drug-likeness (QED) is 0.568. The highest BCUT2D eigenvalue weighted by Gasteiger charge is 2.09. The number of aliphatic hydroxyl groups excluding tert-OH is 2. The molecule has 2 atom stereocenters. The van der Waals surface area contributed by atoms with Crippen LogP contribution in [0.15, 0.2) is 24.3 Å². The van der Waals surface area contributed by atoms with Gasteiger partial charge in [0.2, 0.25) is 0 Å². The van der Waals surface area contributed by atoms with E-state index < -0.39 is 6.10 Å². The normalized spacial score (nSPS) is 13.7. The van der Waals surface area contributed by atoms with Crippen LogP contribution in [0.5, 0.6) is 5.75 Å². The summed E-state index contributed by atoms with van der Waals surface area (Å²) in [6.45, 7) is 4.38. The van der Waals surface area contributed by atoms with Gasteiger partial charge in [-0.05, 0) is 30.7 Å². The lowest BCUT2D eigenvalue weighted by molar-refractivity contribution is 0.0980. The number of Topliss-reactive ketones (excluding diaryl/α,β-unsaturated/α-hetero) is 1. The third-order valence-corrected chi connectivity index (χ3v) is 3.30. The summed E-state index contributed by atoms with van der Waals surface area (Å²) >= 11 is 0. The molecule has 5 nitrogen and oxygen atoms in total. The molecule has 0 fully saturated rings.